The molecule has 0 spiro atoms. The molecule has 1 aliphatic rings. The number of hydrogen-bond donors (Lipinski definition) is 4. The Morgan fingerprint density at radius 1 is 0.800 bits per heavy atom. The normalized spacial score (nSPS) is 14.0. The highest BCUT2D eigenvalue weighted by molar-refractivity contribution is 5.79. The van der Waals surface area contributed by atoms with Gasteiger partial charge in [0, 0.05) is 6.92 Å². The van der Waals surface area contributed by atoms with Crippen LogP contribution in [0.3, 0.4) is 0 Å². The Bertz CT molecular complexity index is 1560. The van der Waals surface area contributed by atoms with Crippen LogP contribution in [0, 0.1) is 13.8 Å². The molecule has 1 atom stereocenters. The number of hydrogen-bond acceptors (Lipinski definition) is 6. The monoisotopic (exact) mass is 545 g/mol. The van der Waals surface area contributed by atoms with Crippen molar-refractivity contribution in [2.75, 3.05) is 0 Å². The van der Waals surface area contributed by atoms with E-state index in [0.29, 0.717) is 30.2 Å². The molecule has 7 heteroatoms. The number of aromatic hydroxyl groups is 3. The van der Waals surface area contributed by atoms with Crippen LogP contribution in [0.15, 0.2) is 52.1 Å². The molecule has 1 amide bonds. The van der Waals surface area contributed by atoms with Crippen molar-refractivity contribution in [2.45, 2.75) is 79.2 Å². The molecule has 0 aliphatic heterocycles. The minimum atomic E-state index is -0.479. The van der Waals surface area contributed by atoms with Gasteiger partial charge in [0.05, 0.1) is 6.04 Å². The second-order valence-electron chi connectivity index (χ2n) is 11.0. The molecule has 0 radical (unpaired) electrons. The van der Waals surface area contributed by atoms with Crippen LogP contribution in [0.25, 0.3) is 11.1 Å². The van der Waals surface area contributed by atoms with E-state index in [2.05, 4.69) is 33.0 Å². The van der Waals surface area contributed by atoms with E-state index in [4.69, 9.17) is 0 Å². The average Bonchev–Trinajstić information content (AvgIpc) is 3.19. The van der Waals surface area contributed by atoms with E-state index >= 15 is 0 Å². The fourth-order valence-electron chi connectivity index (χ4n) is 5.21. The van der Waals surface area contributed by atoms with Crippen LogP contribution >= 0.6 is 0 Å². The summed E-state index contributed by atoms with van der Waals surface area (Å²) in [7, 11) is 0. The number of amides is 1. The van der Waals surface area contributed by atoms with Crippen LogP contribution in [-0.4, -0.2) is 21.2 Å². The Morgan fingerprint density at radius 2 is 1.38 bits per heavy atom. The molecule has 3 aromatic carbocycles. The molecular formula is C33H39NO6. The summed E-state index contributed by atoms with van der Waals surface area (Å²) in [6, 6.07) is 10.8. The lowest BCUT2D eigenvalue weighted by Crippen LogP contribution is -2.26. The molecule has 40 heavy (non-hydrogen) atoms. The molecule has 212 valence electrons. The molecule has 1 aliphatic carbocycles. The Kier molecular flexibility index (Phi) is 9.40. The third kappa shape index (κ3) is 6.53. The van der Waals surface area contributed by atoms with Crippen molar-refractivity contribution in [1.82, 2.24) is 5.32 Å². The summed E-state index contributed by atoms with van der Waals surface area (Å²) in [4.78, 5) is 35.3. The van der Waals surface area contributed by atoms with Crippen molar-refractivity contribution in [3.8, 4) is 28.4 Å². The second kappa shape index (κ2) is 12.4. The van der Waals surface area contributed by atoms with E-state index in [1.54, 1.807) is 18.2 Å². The van der Waals surface area contributed by atoms with Gasteiger partial charge in [-0.05, 0) is 113 Å². The number of fused-ring (bicyclic) bond motifs is 3. The van der Waals surface area contributed by atoms with E-state index in [-0.39, 0.29) is 34.6 Å². The largest absolute Gasteiger partial charge is 0.508 e. The number of aryl methyl sites for hydroxylation is 1. The van der Waals surface area contributed by atoms with Gasteiger partial charge in [0.15, 0.2) is 11.5 Å². The zero-order valence-corrected chi connectivity index (χ0v) is 24.3. The van der Waals surface area contributed by atoms with Gasteiger partial charge in [0.25, 0.3) is 0 Å². The zero-order valence-electron chi connectivity index (χ0n) is 24.3. The Morgan fingerprint density at radius 3 is 1.95 bits per heavy atom. The number of carbonyl (C=O) groups excluding carboxylic acids is 1. The Hall–Kier alpha value is -4.13. The summed E-state index contributed by atoms with van der Waals surface area (Å²) < 4.78 is 0. The van der Waals surface area contributed by atoms with E-state index in [9.17, 15) is 29.7 Å². The summed E-state index contributed by atoms with van der Waals surface area (Å²) in [6.45, 7) is 13.5. The van der Waals surface area contributed by atoms with Crippen molar-refractivity contribution in [3.05, 3.63) is 96.3 Å². The highest BCUT2D eigenvalue weighted by atomic mass is 16.3. The highest BCUT2D eigenvalue weighted by Crippen LogP contribution is 2.41. The first kappa shape index (κ1) is 30.4. The van der Waals surface area contributed by atoms with Gasteiger partial charge in [-0.15, -0.1) is 0 Å². The molecule has 0 aromatic heterocycles. The maximum atomic E-state index is 12.1. The maximum Gasteiger partial charge on any atom is 0.220 e. The number of phenols is 1. The average molecular weight is 546 g/mol. The van der Waals surface area contributed by atoms with Crippen LogP contribution in [0.1, 0.15) is 92.3 Å². The summed E-state index contributed by atoms with van der Waals surface area (Å²) >= 11 is 0. The summed E-state index contributed by atoms with van der Waals surface area (Å²) in [5.74, 6) is 0.202. The third-order valence-corrected chi connectivity index (χ3v) is 7.47. The summed E-state index contributed by atoms with van der Waals surface area (Å²) in [5.41, 5.74) is 6.48. The van der Waals surface area contributed by atoms with Gasteiger partial charge in [-0.2, -0.15) is 0 Å². The lowest BCUT2D eigenvalue weighted by Gasteiger charge is -2.18. The molecule has 4 rings (SSSR count). The summed E-state index contributed by atoms with van der Waals surface area (Å²) in [5, 5.41) is 32.3. The number of rotatable bonds is 3. The van der Waals surface area contributed by atoms with Gasteiger partial charge < -0.3 is 20.6 Å². The SMILES string of the molecule is CC(=O)NC1CCc2cc(O)c(C)c(C)c2-c2ccc(O)c(=O)cc21.CC(C)c1ccc(O)c(=O)cc1C(C)C. The first-order chi connectivity index (χ1) is 18.7. The van der Waals surface area contributed by atoms with Crippen LogP contribution in [-0.2, 0) is 11.2 Å². The van der Waals surface area contributed by atoms with Crippen molar-refractivity contribution < 1.29 is 20.1 Å². The van der Waals surface area contributed by atoms with Gasteiger partial charge in [0.2, 0.25) is 16.8 Å². The lowest BCUT2D eigenvalue weighted by molar-refractivity contribution is -0.119. The topological polar surface area (TPSA) is 124 Å². The number of carbonyl (C=O) groups is 1. The Labute approximate surface area is 235 Å². The van der Waals surface area contributed by atoms with Crippen molar-refractivity contribution in [2.24, 2.45) is 0 Å². The van der Waals surface area contributed by atoms with Gasteiger partial charge >= 0.3 is 0 Å². The summed E-state index contributed by atoms with van der Waals surface area (Å²) in [6.07, 6.45) is 1.26. The maximum absolute atomic E-state index is 12.1. The van der Waals surface area contributed by atoms with E-state index in [1.807, 2.05) is 19.9 Å². The van der Waals surface area contributed by atoms with E-state index in [1.165, 1.54) is 25.1 Å². The van der Waals surface area contributed by atoms with E-state index in [0.717, 1.165) is 38.9 Å². The second-order valence-corrected chi connectivity index (χ2v) is 11.0. The van der Waals surface area contributed by atoms with Gasteiger partial charge in [0.1, 0.15) is 5.75 Å². The molecule has 3 aromatic rings. The van der Waals surface area contributed by atoms with Crippen LogP contribution in [0.2, 0.25) is 0 Å². The van der Waals surface area contributed by atoms with Gasteiger partial charge in [-0.3, -0.25) is 14.4 Å². The minimum Gasteiger partial charge on any atom is -0.508 e. The first-order valence-electron chi connectivity index (χ1n) is 13.6. The quantitative estimate of drug-likeness (QED) is 0.327. The third-order valence-electron chi connectivity index (χ3n) is 7.47. The smallest absolute Gasteiger partial charge is 0.220 e. The molecule has 4 N–H and O–H groups in total. The molecule has 0 heterocycles. The molecule has 0 saturated heterocycles. The van der Waals surface area contributed by atoms with Gasteiger partial charge in [-0.1, -0.05) is 39.8 Å². The predicted octanol–water partition coefficient (Wildman–Crippen LogP) is 5.86. The highest BCUT2D eigenvalue weighted by Gasteiger charge is 2.26. The molecule has 0 fully saturated rings. The zero-order chi connectivity index (χ0) is 29.9. The Balaban J connectivity index is 0.000000252. The molecule has 1 unspecified atom stereocenters. The van der Waals surface area contributed by atoms with E-state index < -0.39 is 5.43 Å². The molecule has 0 saturated carbocycles. The lowest BCUT2D eigenvalue weighted by atomic mass is 9.90. The van der Waals surface area contributed by atoms with Crippen LogP contribution in [0.5, 0.6) is 17.2 Å². The fourth-order valence-corrected chi connectivity index (χ4v) is 5.21. The number of nitrogens with one attached hydrogen (secondary N) is 1. The number of phenolic OH excluding ortho intramolecular Hbond substituents is 1. The number of benzene rings is 1. The molecule has 0 bridgehead atoms. The fraction of sp³-hybridized carbons (Fsp3) is 0.364. The predicted molar refractivity (Wildman–Crippen MR) is 158 cm³/mol. The van der Waals surface area contributed by atoms with Crippen molar-refractivity contribution in [3.63, 3.8) is 0 Å². The standard InChI is InChI=1S/C20H21NO4.C13H18O2/c1-10-11(2)20-13(8-18(10)24)4-6-16(21-12(3)22)15-9-19(25)17(23)7-5-14(15)20;1-8(2)10-5-6-12(14)13(15)7-11(10)9(3)4/h5,7-9,16,24H,4,6H2,1-3H3,(H,21,22)(H,23,25);5-9H,1-4H3,(H,14,15). The van der Waals surface area contributed by atoms with Crippen LogP contribution in [0.4, 0.5) is 0 Å². The van der Waals surface area contributed by atoms with Crippen molar-refractivity contribution >= 4 is 5.91 Å². The molecular weight excluding hydrogens is 506 g/mol. The minimum absolute atomic E-state index is 0.177. The first-order valence-corrected chi connectivity index (χ1v) is 13.6. The van der Waals surface area contributed by atoms with Gasteiger partial charge in [-0.25, -0.2) is 0 Å². The van der Waals surface area contributed by atoms with Crippen LogP contribution < -0.4 is 16.2 Å². The van der Waals surface area contributed by atoms with Crippen molar-refractivity contribution in [1.29, 1.82) is 0 Å². The molecule has 7 nitrogen and oxygen atoms in total.